The number of carboxylic acid groups (broad SMARTS) is 2. The molecule has 82 valence electrons. The monoisotopic (exact) mass is 214 g/mol. The van der Waals surface area contributed by atoms with Crippen LogP contribution in [0.2, 0.25) is 0 Å². The second-order valence-electron chi connectivity index (χ2n) is 3.51. The van der Waals surface area contributed by atoms with Crippen molar-refractivity contribution in [2.45, 2.75) is 18.2 Å². The molecule has 7 nitrogen and oxygen atoms in total. The van der Waals surface area contributed by atoms with Crippen LogP contribution in [0.3, 0.4) is 0 Å². The maximum Gasteiger partial charge on any atom is 0.411 e. The molecule has 3 atom stereocenters. The van der Waals surface area contributed by atoms with Gasteiger partial charge in [0.15, 0.2) is 0 Å². The highest BCUT2D eigenvalue weighted by Crippen LogP contribution is 2.29. The smallest absolute Gasteiger partial charge is 0.411 e. The number of likely N-dealkylation sites (tertiary alicyclic amines) is 1. The maximum absolute atomic E-state index is 10.8. The number of hydrogen-bond acceptors (Lipinski definition) is 3. The summed E-state index contributed by atoms with van der Waals surface area (Å²) in [6, 6.07) is -1.29. The molecule has 1 saturated heterocycles. The molecule has 0 spiro atoms. The summed E-state index contributed by atoms with van der Waals surface area (Å²) >= 11 is 0. The van der Waals surface area contributed by atoms with Gasteiger partial charge in [-0.05, 0) is 6.08 Å². The lowest BCUT2D eigenvalue weighted by atomic mass is 10.1. The average molecular weight is 214 g/mol. The van der Waals surface area contributed by atoms with Gasteiger partial charge >= 0.3 is 12.2 Å². The molecule has 3 N–H and O–H groups in total. The lowest BCUT2D eigenvalue weighted by Gasteiger charge is -2.23. The highest BCUT2D eigenvalue weighted by atomic mass is 16.4. The van der Waals surface area contributed by atoms with E-state index in [1.54, 1.807) is 0 Å². The number of fused-ring (bicyclic) bond motifs is 1. The minimum absolute atomic E-state index is 0.0568. The Morgan fingerprint density at radius 1 is 1.27 bits per heavy atom. The molecule has 2 aliphatic heterocycles. The largest absolute Gasteiger partial charge is 0.465 e. The summed E-state index contributed by atoms with van der Waals surface area (Å²) in [5.74, 6) is 0. The maximum atomic E-state index is 10.8. The number of aliphatic hydroxyl groups excluding tert-OH is 1. The van der Waals surface area contributed by atoms with Crippen LogP contribution >= 0.6 is 0 Å². The molecule has 2 aliphatic rings. The Morgan fingerprint density at radius 2 is 1.93 bits per heavy atom. The van der Waals surface area contributed by atoms with Crippen LogP contribution in [0.1, 0.15) is 0 Å². The number of β-amino-alcohol motifs (C(OH)–C–C–N with tert-alkyl or cyclic N) is 1. The Balaban J connectivity index is 2.24. The van der Waals surface area contributed by atoms with Crippen LogP contribution in [0.4, 0.5) is 9.59 Å². The van der Waals surface area contributed by atoms with Gasteiger partial charge in [0.1, 0.15) is 0 Å². The van der Waals surface area contributed by atoms with Gasteiger partial charge in [-0.15, -0.1) is 0 Å². The van der Waals surface area contributed by atoms with Gasteiger partial charge in [0, 0.05) is 6.20 Å². The fourth-order valence-corrected chi connectivity index (χ4v) is 2.09. The molecular formula is C8H10N2O5. The first kappa shape index (κ1) is 9.78. The first-order chi connectivity index (χ1) is 7.02. The third-order valence-corrected chi connectivity index (χ3v) is 2.72. The Morgan fingerprint density at radius 3 is 2.47 bits per heavy atom. The number of aliphatic hydroxyl groups is 1. The standard InChI is InChI=1S/C8H10N2O5/c11-5-3-10(8(14)15)4-1-2-9(6(4)5)7(12)13/h1-2,4-6,11H,3H2,(H,12,13)(H,14,15)/t4-,5+,6+/m1/s1. The van der Waals surface area contributed by atoms with Crippen LogP contribution in [0, 0.1) is 0 Å². The van der Waals surface area contributed by atoms with Gasteiger partial charge in [-0.25, -0.2) is 9.59 Å². The van der Waals surface area contributed by atoms with E-state index in [0.717, 1.165) is 9.80 Å². The van der Waals surface area contributed by atoms with Crippen LogP contribution in [-0.4, -0.2) is 62.0 Å². The van der Waals surface area contributed by atoms with Crippen molar-refractivity contribution in [3.8, 4) is 0 Å². The summed E-state index contributed by atoms with van der Waals surface area (Å²) in [6.45, 7) is -0.0568. The molecule has 7 heteroatoms. The first-order valence-electron chi connectivity index (χ1n) is 4.39. The SMILES string of the molecule is O=C(O)N1C=C[C@@H]2[C@H]1[C@@H](O)CN2C(=O)O. The normalized spacial score (nSPS) is 33.3. The number of hydrogen-bond donors (Lipinski definition) is 3. The van der Waals surface area contributed by atoms with Crippen molar-refractivity contribution >= 4 is 12.2 Å². The second kappa shape index (κ2) is 3.13. The van der Waals surface area contributed by atoms with E-state index in [2.05, 4.69) is 0 Å². The van der Waals surface area contributed by atoms with Crippen LogP contribution in [0.5, 0.6) is 0 Å². The van der Waals surface area contributed by atoms with E-state index in [0.29, 0.717) is 0 Å². The van der Waals surface area contributed by atoms with Gasteiger partial charge < -0.3 is 15.3 Å². The third-order valence-electron chi connectivity index (χ3n) is 2.72. The minimum Gasteiger partial charge on any atom is -0.465 e. The van der Waals surface area contributed by atoms with Crippen LogP contribution < -0.4 is 0 Å². The molecule has 2 heterocycles. The quantitative estimate of drug-likeness (QED) is 0.508. The van der Waals surface area contributed by atoms with E-state index in [1.807, 2.05) is 0 Å². The first-order valence-corrected chi connectivity index (χ1v) is 4.39. The zero-order chi connectivity index (χ0) is 11.2. The summed E-state index contributed by atoms with van der Waals surface area (Å²) in [6.07, 6.45) is -0.556. The van der Waals surface area contributed by atoms with E-state index < -0.39 is 30.4 Å². The van der Waals surface area contributed by atoms with E-state index in [4.69, 9.17) is 10.2 Å². The molecule has 2 amide bonds. The highest BCUT2D eigenvalue weighted by Gasteiger charge is 2.49. The van der Waals surface area contributed by atoms with Crippen molar-refractivity contribution in [3.05, 3.63) is 12.3 Å². The van der Waals surface area contributed by atoms with Crippen molar-refractivity contribution < 1.29 is 24.9 Å². The van der Waals surface area contributed by atoms with Crippen molar-refractivity contribution in [2.75, 3.05) is 6.54 Å². The molecule has 2 rings (SSSR count). The highest BCUT2D eigenvalue weighted by molar-refractivity contribution is 5.71. The van der Waals surface area contributed by atoms with Crippen molar-refractivity contribution in [1.29, 1.82) is 0 Å². The number of carbonyl (C=O) groups is 2. The van der Waals surface area contributed by atoms with Crippen LogP contribution in [0.25, 0.3) is 0 Å². The summed E-state index contributed by atoms with van der Waals surface area (Å²) in [4.78, 5) is 23.5. The summed E-state index contributed by atoms with van der Waals surface area (Å²) in [7, 11) is 0. The molecule has 0 saturated carbocycles. The lowest BCUT2D eigenvalue weighted by Crippen LogP contribution is -2.44. The van der Waals surface area contributed by atoms with Gasteiger partial charge in [0.2, 0.25) is 0 Å². The Labute approximate surface area is 84.8 Å². The van der Waals surface area contributed by atoms with Crippen LogP contribution in [0.15, 0.2) is 12.3 Å². The fraction of sp³-hybridized carbons (Fsp3) is 0.500. The van der Waals surface area contributed by atoms with Crippen molar-refractivity contribution in [3.63, 3.8) is 0 Å². The van der Waals surface area contributed by atoms with E-state index in [-0.39, 0.29) is 6.54 Å². The summed E-state index contributed by atoms with van der Waals surface area (Å²) in [5.41, 5.74) is 0. The Bertz CT molecular complexity index is 342. The Hall–Kier alpha value is -1.76. The molecule has 0 aromatic rings. The molecule has 0 aromatic heterocycles. The number of amides is 2. The molecule has 0 aromatic carbocycles. The average Bonchev–Trinajstić information content (AvgIpc) is 2.66. The second-order valence-corrected chi connectivity index (χ2v) is 3.51. The van der Waals surface area contributed by atoms with Crippen molar-refractivity contribution in [2.24, 2.45) is 0 Å². The zero-order valence-corrected chi connectivity index (χ0v) is 7.65. The molecule has 0 bridgehead atoms. The van der Waals surface area contributed by atoms with Gasteiger partial charge in [-0.3, -0.25) is 9.80 Å². The topological polar surface area (TPSA) is 101 Å². The molecular weight excluding hydrogens is 204 g/mol. The summed E-state index contributed by atoms with van der Waals surface area (Å²) in [5, 5.41) is 27.2. The third kappa shape index (κ3) is 1.32. The van der Waals surface area contributed by atoms with Gasteiger partial charge in [-0.2, -0.15) is 0 Å². The van der Waals surface area contributed by atoms with Gasteiger partial charge in [0.25, 0.3) is 0 Å². The van der Waals surface area contributed by atoms with Crippen LogP contribution in [-0.2, 0) is 0 Å². The zero-order valence-electron chi connectivity index (χ0n) is 7.65. The molecule has 15 heavy (non-hydrogen) atoms. The molecule has 1 fully saturated rings. The predicted octanol–water partition coefficient (Wildman–Crippen LogP) is -0.415. The van der Waals surface area contributed by atoms with E-state index >= 15 is 0 Å². The molecule has 0 aliphatic carbocycles. The van der Waals surface area contributed by atoms with E-state index in [9.17, 15) is 14.7 Å². The number of rotatable bonds is 0. The predicted molar refractivity (Wildman–Crippen MR) is 47.3 cm³/mol. The van der Waals surface area contributed by atoms with Crippen molar-refractivity contribution in [1.82, 2.24) is 9.80 Å². The summed E-state index contributed by atoms with van der Waals surface area (Å²) < 4.78 is 0. The van der Waals surface area contributed by atoms with Gasteiger partial charge in [-0.1, -0.05) is 0 Å². The molecule has 0 unspecified atom stereocenters. The number of nitrogens with zero attached hydrogens (tertiary/aromatic N) is 2. The lowest BCUT2D eigenvalue weighted by molar-refractivity contribution is 0.0975. The fourth-order valence-electron chi connectivity index (χ4n) is 2.09. The van der Waals surface area contributed by atoms with E-state index in [1.165, 1.54) is 12.3 Å². The van der Waals surface area contributed by atoms with Gasteiger partial charge in [0.05, 0.1) is 24.7 Å². The Kier molecular flexibility index (Phi) is 2.04. The minimum atomic E-state index is -1.19. The molecule has 0 radical (unpaired) electrons.